The van der Waals surface area contributed by atoms with Gasteiger partial charge in [-0.05, 0) is 46.3 Å². The number of nitrogens with zero attached hydrogens (tertiary/aromatic N) is 2. The molecule has 3 nitrogen and oxygen atoms in total. The maximum atomic E-state index is 5.87. The monoisotopic (exact) mass is 197 g/mol. The van der Waals surface area contributed by atoms with E-state index >= 15 is 0 Å². The molecule has 1 heterocycles. The molecule has 1 atom stereocenters. The number of likely N-dealkylation sites (tertiary alicyclic amines) is 1. The summed E-state index contributed by atoms with van der Waals surface area (Å²) in [4.78, 5) is 5.00. The van der Waals surface area contributed by atoms with E-state index in [0.29, 0.717) is 5.54 Å². The molecule has 3 heteroatoms. The molecule has 2 aliphatic rings. The van der Waals surface area contributed by atoms with Crippen molar-refractivity contribution in [3.05, 3.63) is 0 Å². The van der Waals surface area contributed by atoms with Crippen molar-refractivity contribution in [2.45, 2.75) is 37.3 Å². The van der Waals surface area contributed by atoms with Crippen LogP contribution in [-0.4, -0.2) is 55.1 Å². The fourth-order valence-corrected chi connectivity index (χ4v) is 2.60. The van der Waals surface area contributed by atoms with E-state index in [-0.39, 0.29) is 0 Å². The minimum Gasteiger partial charge on any atom is -0.329 e. The van der Waals surface area contributed by atoms with Crippen LogP contribution < -0.4 is 5.73 Å². The van der Waals surface area contributed by atoms with Crippen LogP contribution in [0, 0.1) is 0 Å². The van der Waals surface area contributed by atoms with Crippen molar-refractivity contribution in [1.82, 2.24) is 9.80 Å². The fourth-order valence-electron chi connectivity index (χ4n) is 2.60. The van der Waals surface area contributed by atoms with Crippen molar-refractivity contribution in [2.24, 2.45) is 5.73 Å². The summed E-state index contributed by atoms with van der Waals surface area (Å²) >= 11 is 0. The van der Waals surface area contributed by atoms with Gasteiger partial charge < -0.3 is 10.6 Å². The maximum absolute atomic E-state index is 5.87. The van der Waals surface area contributed by atoms with Gasteiger partial charge in [-0.15, -0.1) is 0 Å². The van der Waals surface area contributed by atoms with Gasteiger partial charge in [0.25, 0.3) is 0 Å². The lowest BCUT2D eigenvalue weighted by Crippen LogP contribution is -2.52. The summed E-state index contributed by atoms with van der Waals surface area (Å²) < 4.78 is 0. The van der Waals surface area contributed by atoms with Crippen molar-refractivity contribution >= 4 is 0 Å². The van der Waals surface area contributed by atoms with Gasteiger partial charge in [-0.25, -0.2) is 0 Å². The van der Waals surface area contributed by atoms with Crippen LogP contribution in [0.25, 0.3) is 0 Å². The van der Waals surface area contributed by atoms with Crippen LogP contribution in [0.1, 0.15) is 25.7 Å². The number of hydrogen-bond donors (Lipinski definition) is 1. The molecule has 14 heavy (non-hydrogen) atoms. The summed E-state index contributed by atoms with van der Waals surface area (Å²) in [5, 5.41) is 0. The molecule has 0 bridgehead atoms. The first-order valence-electron chi connectivity index (χ1n) is 5.79. The molecule has 2 fully saturated rings. The zero-order valence-corrected chi connectivity index (χ0v) is 9.50. The van der Waals surface area contributed by atoms with Gasteiger partial charge in [0.05, 0.1) is 0 Å². The third-order valence-corrected chi connectivity index (χ3v) is 4.00. The van der Waals surface area contributed by atoms with Crippen LogP contribution in [0.2, 0.25) is 0 Å². The van der Waals surface area contributed by atoms with Gasteiger partial charge in [0.1, 0.15) is 0 Å². The summed E-state index contributed by atoms with van der Waals surface area (Å²) in [6.45, 7) is 3.35. The van der Waals surface area contributed by atoms with E-state index in [4.69, 9.17) is 5.73 Å². The summed E-state index contributed by atoms with van der Waals surface area (Å²) in [5.41, 5.74) is 6.28. The third kappa shape index (κ3) is 1.81. The molecule has 0 aromatic rings. The van der Waals surface area contributed by atoms with Crippen LogP contribution in [0.4, 0.5) is 0 Å². The standard InChI is InChI=1S/C11H23N3/c1-13(2)10-4-3-7-14(8-10)11(9-12)5-6-11/h10H,3-9,12H2,1-2H3. The Hall–Kier alpha value is -0.120. The highest BCUT2D eigenvalue weighted by molar-refractivity contribution is 5.06. The Balaban J connectivity index is 1.94. The number of likely N-dealkylation sites (N-methyl/N-ethyl adjacent to an activating group) is 1. The molecule has 1 saturated heterocycles. The topological polar surface area (TPSA) is 32.5 Å². The van der Waals surface area contributed by atoms with Crippen LogP contribution >= 0.6 is 0 Å². The number of rotatable bonds is 3. The Morgan fingerprint density at radius 3 is 2.64 bits per heavy atom. The molecule has 1 saturated carbocycles. The molecule has 1 unspecified atom stereocenters. The molecular weight excluding hydrogens is 174 g/mol. The number of piperidine rings is 1. The average Bonchev–Trinajstić information content (AvgIpc) is 2.98. The van der Waals surface area contributed by atoms with Crippen molar-refractivity contribution in [3.8, 4) is 0 Å². The Labute approximate surface area is 87.2 Å². The van der Waals surface area contributed by atoms with Gasteiger partial charge in [-0.1, -0.05) is 0 Å². The molecule has 82 valence electrons. The molecule has 0 aromatic heterocycles. The summed E-state index contributed by atoms with van der Waals surface area (Å²) in [6, 6.07) is 0.743. The Bertz CT molecular complexity index is 199. The highest BCUT2D eigenvalue weighted by atomic mass is 15.3. The van der Waals surface area contributed by atoms with Gasteiger partial charge in [0, 0.05) is 24.7 Å². The van der Waals surface area contributed by atoms with Gasteiger partial charge >= 0.3 is 0 Å². The smallest absolute Gasteiger partial charge is 0.0333 e. The number of nitrogens with two attached hydrogens (primary N) is 1. The van der Waals surface area contributed by atoms with Crippen molar-refractivity contribution in [1.29, 1.82) is 0 Å². The van der Waals surface area contributed by atoms with Crippen molar-refractivity contribution in [3.63, 3.8) is 0 Å². The van der Waals surface area contributed by atoms with E-state index in [1.54, 1.807) is 0 Å². The van der Waals surface area contributed by atoms with Crippen molar-refractivity contribution in [2.75, 3.05) is 33.7 Å². The minimum atomic E-state index is 0.411. The van der Waals surface area contributed by atoms with E-state index in [1.807, 2.05) is 0 Å². The van der Waals surface area contributed by atoms with Crippen LogP contribution in [-0.2, 0) is 0 Å². The summed E-state index contributed by atoms with van der Waals surface area (Å²) in [5.74, 6) is 0. The second-order valence-electron chi connectivity index (χ2n) is 5.13. The number of hydrogen-bond acceptors (Lipinski definition) is 3. The Kier molecular flexibility index (Phi) is 2.82. The quantitative estimate of drug-likeness (QED) is 0.715. The molecule has 0 aromatic carbocycles. The molecule has 1 aliphatic carbocycles. The lowest BCUT2D eigenvalue weighted by Gasteiger charge is -2.40. The normalized spacial score (nSPS) is 32.1. The van der Waals surface area contributed by atoms with E-state index in [1.165, 1.54) is 38.8 Å². The largest absolute Gasteiger partial charge is 0.329 e. The first kappa shape index (κ1) is 10.4. The maximum Gasteiger partial charge on any atom is 0.0333 e. The first-order valence-corrected chi connectivity index (χ1v) is 5.79. The average molecular weight is 197 g/mol. The van der Waals surface area contributed by atoms with Crippen LogP contribution in [0.3, 0.4) is 0 Å². The lowest BCUT2D eigenvalue weighted by molar-refractivity contribution is 0.0876. The minimum absolute atomic E-state index is 0.411. The van der Waals surface area contributed by atoms with Crippen LogP contribution in [0.15, 0.2) is 0 Å². The molecule has 2 N–H and O–H groups in total. The van der Waals surface area contributed by atoms with Gasteiger partial charge in [0.15, 0.2) is 0 Å². The van der Waals surface area contributed by atoms with Gasteiger partial charge in [-0.3, -0.25) is 4.90 Å². The summed E-state index contributed by atoms with van der Waals surface area (Å²) in [7, 11) is 4.38. The molecule has 0 amide bonds. The highest BCUT2D eigenvalue weighted by Gasteiger charge is 2.47. The van der Waals surface area contributed by atoms with E-state index < -0.39 is 0 Å². The molecule has 0 radical (unpaired) electrons. The lowest BCUT2D eigenvalue weighted by atomic mass is 10.0. The van der Waals surface area contributed by atoms with Crippen molar-refractivity contribution < 1.29 is 0 Å². The van der Waals surface area contributed by atoms with E-state index in [9.17, 15) is 0 Å². The second kappa shape index (κ2) is 3.80. The third-order valence-electron chi connectivity index (χ3n) is 4.00. The Morgan fingerprint density at radius 1 is 1.43 bits per heavy atom. The molecule has 1 aliphatic heterocycles. The highest BCUT2D eigenvalue weighted by Crippen LogP contribution is 2.42. The zero-order chi connectivity index (χ0) is 10.2. The summed E-state index contributed by atoms with van der Waals surface area (Å²) in [6.07, 6.45) is 5.34. The first-order chi connectivity index (χ1) is 6.68. The molecule has 0 spiro atoms. The zero-order valence-electron chi connectivity index (χ0n) is 9.50. The van der Waals surface area contributed by atoms with Gasteiger partial charge in [0.2, 0.25) is 0 Å². The second-order valence-corrected chi connectivity index (χ2v) is 5.13. The van der Waals surface area contributed by atoms with E-state index in [0.717, 1.165) is 12.6 Å². The predicted molar refractivity (Wildman–Crippen MR) is 59.3 cm³/mol. The molecular formula is C11H23N3. The predicted octanol–water partition coefficient (Wildman–Crippen LogP) is 0.504. The Morgan fingerprint density at radius 2 is 2.14 bits per heavy atom. The van der Waals surface area contributed by atoms with E-state index in [2.05, 4.69) is 23.9 Å². The van der Waals surface area contributed by atoms with Gasteiger partial charge in [-0.2, -0.15) is 0 Å². The SMILES string of the molecule is CN(C)C1CCCN(C2(CN)CC2)C1. The fraction of sp³-hybridized carbons (Fsp3) is 1.00. The van der Waals surface area contributed by atoms with Crippen LogP contribution in [0.5, 0.6) is 0 Å². The molecule has 2 rings (SSSR count).